The maximum Gasteiger partial charge on any atom is 0.240 e. The minimum Gasteiger partial charge on any atom is -0.508 e. The first kappa shape index (κ1) is 32.7. The van der Waals surface area contributed by atoms with Crippen molar-refractivity contribution in [2.24, 2.45) is 0 Å². The zero-order valence-corrected chi connectivity index (χ0v) is 24.5. The predicted molar refractivity (Wildman–Crippen MR) is 161 cm³/mol. The zero-order valence-electron chi connectivity index (χ0n) is 23.7. The second-order valence-corrected chi connectivity index (χ2v) is 12.0. The Bertz CT molecular complexity index is 1270. The Morgan fingerprint density at radius 3 is 2.32 bits per heavy atom. The lowest BCUT2D eigenvalue weighted by molar-refractivity contribution is 0.126. The summed E-state index contributed by atoms with van der Waals surface area (Å²) in [7, 11) is -3.56. The highest BCUT2D eigenvalue weighted by Gasteiger charge is 2.14. The maximum absolute atomic E-state index is 12.7. The Hall–Kier alpha value is -2.79. The van der Waals surface area contributed by atoms with Crippen LogP contribution in [0, 0.1) is 0 Å². The van der Waals surface area contributed by atoms with Gasteiger partial charge in [-0.05, 0) is 79.6 Å². The van der Waals surface area contributed by atoms with E-state index < -0.39 is 16.1 Å². The van der Waals surface area contributed by atoms with E-state index >= 15 is 0 Å². The molecule has 0 amide bonds. The SMILES string of the molecule is O=S(=O)(NCc1ccccc1)c1cccc(CCCCOCCCCCCNC[C@@H](O)c2ccc(O)c(CO)c2)c1. The van der Waals surface area contributed by atoms with E-state index in [1.807, 2.05) is 36.4 Å². The van der Waals surface area contributed by atoms with E-state index in [9.17, 15) is 23.7 Å². The molecule has 0 heterocycles. The first-order valence-electron chi connectivity index (χ1n) is 14.4. The summed E-state index contributed by atoms with van der Waals surface area (Å²) in [4.78, 5) is 0.294. The van der Waals surface area contributed by atoms with Crippen LogP contribution in [0.5, 0.6) is 5.75 Å². The molecule has 224 valence electrons. The lowest BCUT2D eigenvalue weighted by atomic mass is 10.1. The van der Waals surface area contributed by atoms with Gasteiger partial charge in [-0.3, -0.25) is 0 Å². The Balaban J connectivity index is 1.18. The third-order valence-corrected chi connectivity index (χ3v) is 8.31. The number of hydrogen-bond donors (Lipinski definition) is 5. The minimum absolute atomic E-state index is 0.0318. The van der Waals surface area contributed by atoms with Gasteiger partial charge in [-0.1, -0.05) is 61.4 Å². The quantitative estimate of drug-likeness (QED) is 0.123. The van der Waals surface area contributed by atoms with Crippen LogP contribution in [0.4, 0.5) is 0 Å². The molecule has 0 saturated carbocycles. The molecule has 41 heavy (non-hydrogen) atoms. The van der Waals surface area contributed by atoms with Crippen LogP contribution < -0.4 is 10.0 Å². The maximum atomic E-state index is 12.7. The number of aliphatic hydroxyl groups is 2. The second-order valence-electron chi connectivity index (χ2n) is 10.2. The van der Waals surface area contributed by atoms with Gasteiger partial charge >= 0.3 is 0 Å². The van der Waals surface area contributed by atoms with Crippen molar-refractivity contribution in [2.45, 2.75) is 69.1 Å². The van der Waals surface area contributed by atoms with Crippen molar-refractivity contribution < 1.29 is 28.5 Å². The van der Waals surface area contributed by atoms with E-state index in [0.29, 0.717) is 29.2 Å². The van der Waals surface area contributed by atoms with Crippen molar-refractivity contribution in [3.05, 3.63) is 95.1 Å². The number of ether oxygens (including phenoxy) is 1. The molecular weight excluding hydrogens is 540 g/mol. The van der Waals surface area contributed by atoms with Crippen LogP contribution in [0.1, 0.15) is 66.9 Å². The molecule has 0 radical (unpaired) electrons. The van der Waals surface area contributed by atoms with Crippen LogP contribution in [0.2, 0.25) is 0 Å². The normalized spacial score (nSPS) is 12.4. The number of sulfonamides is 1. The number of aryl methyl sites for hydroxylation is 1. The molecular formula is C32H44N2O6S. The molecule has 0 aliphatic rings. The Morgan fingerprint density at radius 1 is 0.805 bits per heavy atom. The van der Waals surface area contributed by atoms with Gasteiger partial charge in [0.2, 0.25) is 10.0 Å². The monoisotopic (exact) mass is 584 g/mol. The van der Waals surface area contributed by atoms with Crippen molar-refractivity contribution in [1.29, 1.82) is 0 Å². The highest BCUT2D eigenvalue weighted by molar-refractivity contribution is 7.89. The minimum atomic E-state index is -3.56. The smallest absolute Gasteiger partial charge is 0.240 e. The first-order chi connectivity index (χ1) is 19.9. The van der Waals surface area contributed by atoms with Gasteiger partial charge in [-0.2, -0.15) is 0 Å². The summed E-state index contributed by atoms with van der Waals surface area (Å²) in [5.41, 5.74) is 3.01. The van der Waals surface area contributed by atoms with Crippen LogP contribution in [0.3, 0.4) is 0 Å². The van der Waals surface area contributed by atoms with Gasteiger partial charge in [0.1, 0.15) is 5.75 Å². The number of aromatic hydroxyl groups is 1. The summed E-state index contributed by atoms with van der Waals surface area (Å²) < 4.78 is 33.8. The second kappa shape index (κ2) is 17.9. The summed E-state index contributed by atoms with van der Waals surface area (Å²) >= 11 is 0. The standard InChI is InChI=1S/C32H44N2O6S/c35-25-29-22-28(16-17-31(29)36)32(37)24-33-18-7-1-2-8-19-40-20-9-6-11-26-14-10-15-30(21-26)41(38,39)34-23-27-12-4-3-5-13-27/h3-5,10,12-17,21-22,32-37H,1-2,6-9,11,18-20,23-25H2/t32-/m1/s1. The number of unbranched alkanes of at least 4 members (excludes halogenated alkanes) is 4. The summed E-state index contributed by atoms with van der Waals surface area (Å²) in [6.07, 6.45) is 6.18. The summed E-state index contributed by atoms with van der Waals surface area (Å²) in [6, 6.07) is 21.4. The van der Waals surface area contributed by atoms with Crippen molar-refractivity contribution in [3.63, 3.8) is 0 Å². The van der Waals surface area contributed by atoms with Crippen LogP contribution in [-0.2, 0) is 34.3 Å². The molecule has 0 aliphatic carbocycles. The van der Waals surface area contributed by atoms with Gasteiger partial charge in [0.05, 0.1) is 17.6 Å². The Kier molecular flexibility index (Phi) is 14.3. The van der Waals surface area contributed by atoms with Crippen LogP contribution in [0.15, 0.2) is 77.7 Å². The zero-order chi connectivity index (χ0) is 29.3. The van der Waals surface area contributed by atoms with E-state index in [-0.39, 0.29) is 18.9 Å². The Morgan fingerprint density at radius 2 is 1.54 bits per heavy atom. The molecule has 9 heteroatoms. The summed E-state index contributed by atoms with van der Waals surface area (Å²) in [5, 5.41) is 32.4. The molecule has 0 unspecified atom stereocenters. The van der Waals surface area contributed by atoms with Crippen molar-refractivity contribution >= 4 is 10.0 Å². The third-order valence-electron chi connectivity index (χ3n) is 6.91. The average molecular weight is 585 g/mol. The molecule has 0 bridgehead atoms. The summed E-state index contributed by atoms with van der Waals surface area (Å²) in [6.45, 7) is 2.67. The molecule has 3 aromatic carbocycles. The third kappa shape index (κ3) is 11.9. The van der Waals surface area contributed by atoms with Gasteiger partial charge in [0.15, 0.2) is 0 Å². The van der Waals surface area contributed by atoms with Crippen molar-refractivity contribution in [2.75, 3.05) is 26.3 Å². The van der Waals surface area contributed by atoms with E-state index in [4.69, 9.17) is 4.74 Å². The van der Waals surface area contributed by atoms with Crippen LogP contribution >= 0.6 is 0 Å². The number of aliphatic hydroxyl groups excluding tert-OH is 2. The van der Waals surface area contributed by atoms with Gasteiger partial charge in [-0.25, -0.2) is 13.1 Å². The van der Waals surface area contributed by atoms with E-state index in [1.165, 1.54) is 6.07 Å². The number of hydrogen-bond acceptors (Lipinski definition) is 7. The highest BCUT2D eigenvalue weighted by atomic mass is 32.2. The van der Waals surface area contributed by atoms with E-state index in [0.717, 1.165) is 69.2 Å². The molecule has 0 fully saturated rings. The number of benzene rings is 3. The predicted octanol–water partition coefficient (Wildman–Crippen LogP) is 4.59. The topological polar surface area (TPSA) is 128 Å². The lowest BCUT2D eigenvalue weighted by Gasteiger charge is -2.14. The van der Waals surface area contributed by atoms with Gasteiger partial charge in [0.25, 0.3) is 0 Å². The number of phenols is 1. The van der Waals surface area contributed by atoms with Crippen LogP contribution in [-0.4, -0.2) is 50.0 Å². The fourth-order valence-corrected chi connectivity index (χ4v) is 5.55. The molecule has 3 rings (SSSR count). The molecule has 3 aromatic rings. The summed E-state index contributed by atoms with van der Waals surface area (Å²) in [5.74, 6) is 0.0318. The van der Waals surface area contributed by atoms with Crippen molar-refractivity contribution in [1.82, 2.24) is 10.0 Å². The fraction of sp³-hybridized carbons (Fsp3) is 0.438. The molecule has 0 aromatic heterocycles. The number of rotatable bonds is 20. The van der Waals surface area contributed by atoms with Gasteiger partial charge < -0.3 is 25.4 Å². The molecule has 0 spiro atoms. The van der Waals surface area contributed by atoms with Crippen LogP contribution in [0.25, 0.3) is 0 Å². The number of nitrogens with one attached hydrogen (secondary N) is 2. The first-order valence-corrected chi connectivity index (χ1v) is 15.9. The molecule has 5 N–H and O–H groups in total. The van der Waals surface area contributed by atoms with Gasteiger partial charge in [0, 0.05) is 31.9 Å². The highest BCUT2D eigenvalue weighted by Crippen LogP contribution is 2.22. The van der Waals surface area contributed by atoms with E-state index in [1.54, 1.807) is 30.3 Å². The fourth-order valence-electron chi connectivity index (χ4n) is 4.46. The van der Waals surface area contributed by atoms with Crippen molar-refractivity contribution in [3.8, 4) is 5.75 Å². The van der Waals surface area contributed by atoms with E-state index in [2.05, 4.69) is 10.0 Å². The molecule has 0 saturated heterocycles. The largest absolute Gasteiger partial charge is 0.508 e. The van der Waals surface area contributed by atoms with Gasteiger partial charge in [-0.15, -0.1) is 0 Å². The molecule has 0 aliphatic heterocycles. The Labute approximate surface area is 244 Å². The lowest BCUT2D eigenvalue weighted by Crippen LogP contribution is -2.23. The molecule has 8 nitrogen and oxygen atoms in total. The average Bonchev–Trinajstić information content (AvgIpc) is 2.99. The molecule has 1 atom stereocenters.